The lowest BCUT2D eigenvalue weighted by Gasteiger charge is -2.33. The maximum absolute atomic E-state index is 13.3. The predicted octanol–water partition coefficient (Wildman–Crippen LogP) is 3.49. The van der Waals surface area contributed by atoms with E-state index in [1.807, 2.05) is 0 Å². The van der Waals surface area contributed by atoms with Gasteiger partial charge in [-0.3, -0.25) is 4.79 Å². The Balaban J connectivity index is 1.66. The molecule has 1 atom stereocenters. The van der Waals surface area contributed by atoms with Crippen molar-refractivity contribution in [3.8, 4) is 0 Å². The molecule has 0 spiro atoms. The fourth-order valence-corrected chi connectivity index (χ4v) is 4.41. The van der Waals surface area contributed by atoms with Crippen LogP contribution in [0.25, 0.3) is 0 Å². The summed E-state index contributed by atoms with van der Waals surface area (Å²) in [6, 6.07) is 6.53. The summed E-state index contributed by atoms with van der Waals surface area (Å²) in [5.41, 5.74) is 0.519. The van der Waals surface area contributed by atoms with Crippen molar-refractivity contribution < 1.29 is 9.18 Å². The summed E-state index contributed by atoms with van der Waals surface area (Å²) in [6.07, 6.45) is 6.29. The van der Waals surface area contributed by atoms with Gasteiger partial charge in [-0.25, -0.2) is 4.39 Å². The summed E-state index contributed by atoms with van der Waals surface area (Å²) >= 11 is 0. The van der Waals surface area contributed by atoms with Crippen LogP contribution in [0.1, 0.15) is 51.0 Å². The van der Waals surface area contributed by atoms with Crippen molar-refractivity contribution in [2.75, 3.05) is 26.2 Å². The van der Waals surface area contributed by atoms with Crippen LogP contribution < -0.4 is 5.32 Å². The molecule has 2 fully saturated rings. The summed E-state index contributed by atoms with van der Waals surface area (Å²) in [5, 5.41) is 3.23. The van der Waals surface area contributed by atoms with E-state index in [-0.39, 0.29) is 11.7 Å². The molecule has 0 bridgehead atoms. The zero-order chi connectivity index (χ0) is 17.0. The van der Waals surface area contributed by atoms with E-state index in [2.05, 4.69) is 17.1 Å². The quantitative estimate of drug-likeness (QED) is 0.895. The van der Waals surface area contributed by atoms with E-state index in [4.69, 9.17) is 0 Å². The van der Waals surface area contributed by atoms with Gasteiger partial charge in [-0.2, -0.15) is 0 Å². The Bertz CT molecular complexity index is 551. The number of amides is 1. The van der Waals surface area contributed by atoms with Gasteiger partial charge in [0.1, 0.15) is 5.82 Å². The smallest absolute Gasteiger partial charge is 0.230 e. The summed E-state index contributed by atoms with van der Waals surface area (Å²) in [4.78, 5) is 15.5. The maximum Gasteiger partial charge on any atom is 0.230 e. The Labute approximate surface area is 144 Å². The number of piperidine rings is 1. The Kier molecular flexibility index (Phi) is 5.54. The number of rotatable bonds is 5. The Morgan fingerprint density at radius 2 is 1.96 bits per heavy atom. The minimum Gasteiger partial charge on any atom is -0.355 e. The molecule has 1 saturated heterocycles. The standard InChI is InChI=1S/C20H29FN2O/c1-2-23-13-5-6-16(15-23)14-22-19(24)20(11-3-4-12-20)17-7-9-18(21)10-8-17/h7-10,16H,2-6,11-15H2,1H3,(H,22,24). The second-order valence-corrected chi connectivity index (χ2v) is 7.41. The van der Waals surface area contributed by atoms with Crippen molar-refractivity contribution in [1.29, 1.82) is 0 Å². The van der Waals surface area contributed by atoms with Gasteiger partial charge >= 0.3 is 0 Å². The van der Waals surface area contributed by atoms with Gasteiger partial charge in [0.15, 0.2) is 0 Å². The summed E-state index contributed by atoms with van der Waals surface area (Å²) in [5.74, 6) is 0.448. The number of nitrogens with one attached hydrogen (secondary N) is 1. The first kappa shape index (κ1) is 17.4. The van der Waals surface area contributed by atoms with Crippen LogP contribution in [0.5, 0.6) is 0 Å². The summed E-state index contributed by atoms with van der Waals surface area (Å²) in [6.45, 7) is 6.31. The molecular formula is C20H29FN2O. The van der Waals surface area contributed by atoms with Crippen LogP contribution in [-0.2, 0) is 10.2 Å². The lowest BCUT2D eigenvalue weighted by atomic mass is 9.78. The second kappa shape index (κ2) is 7.64. The van der Waals surface area contributed by atoms with Crippen molar-refractivity contribution in [3.05, 3.63) is 35.6 Å². The SMILES string of the molecule is CCN1CCCC(CNC(=O)C2(c3ccc(F)cc3)CCCC2)C1. The van der Waals surface area contributed by atoms with Crippen LogP contribution in [0.15, 0.2) is 24.3 Å². The first-order chi connectivity index (χ1) is 11.6. The average Bonchev–Trinajstić information content (AvgIpc) is 3.11. The molecule has 1 unspecified atom stereocenters. The first-order valence-electron chi connectivity index (χ1n) is 9.41. The Morgan fingerprint density at radius 3 is 2.62 bits per heavy atom. The molecule has 132 valence electrons. The number of benzene rings is 1. The van der Waals surface area contributed by atoms with Crippen molar-refractivity contribution in [2.45, 2.75) is 50.9 Å². The van der Waals surface area contributed by atoms with Crippen LogP contribution in [0.2, 0.25) is 0 Å². The van der Waals surface area contributed by atoms with Gasteiger partial charge in [-0.05, 0) is 62.4 Å². The number of carbonyl (C=O) groups excluding carboxylic acids is 1. The van der Waals surface area contributed by atoms with Gasteiger partial charge in [0.25, 0.3) is 0 Å². The minimum absolute atomic E-state index is 0.139. The number of hydrogen-bond acceptors (Lipinski definition) is 2. The van der Waals surface area contributed by atoms with Gasteiger partial charge in [-0.15, -0.1) is 0 Å². The van der Waals surface area contributed by atoms with E-state index >= 15 is 0 Å². The molecular weight excluding hydrogens is 303 g/mol. The average molecular weight is 332 g/mol. The van der Waals surface area contributed by atoms with Crippen LogP contribution in [0, 0.1) is 11.7 Å². The third-order valence-electron chi connectivity index (χ3n) is 5.89. The molecule has 24 heavy (non-hydrogen) atoms. The van der Waals surface area contributed by atoms with Crippen LogP contribution >= 0.6 is 0 Å². The van der Waals surface area contributed by atoms with Crippen LogP contribution in [-0.4, -0.2) is 37.0 Å². The third-order valence-corrected chi connectivity index (χ3v) is 5.89. The molecule has 1 saturated carbocycles. The normalized spacial score (nSPS) is 24.0. The molecule has 0 radical (unpaired) electrons. The van der Waals surface area contributed by atoms with Gasteiger partial charge in [0.05, 0.1) is 5.41 Å². The van der Waals surface area contributed by atoms with Crippen LogP contribution in [0.3, 0.4) is 0 Å². The number of halogens is 1. The molecule has 2 aliphatic rings. The Hall–Kier alpha value is -1.42. The summed E-state index contributed by atoms with van der Waals surface area (Å²) in [7, 11) is 0. The maximum atomic E-state index is 13.3. The van der Waals surface area contributed by atoms with Gasteiger partial charge < -0.3 is 10.2 Å². The van der Waals surface area contributed by atoms with E-state index in [0.717, 1.165) is 50.9 Å². The highest BCUT2D eigenvalue weighted by molar-refractivity contribution is 5.88. The van der Waals surface area contributed by atoms with E-state index in [9.17, 15) is 9.18 Å². The molecule has 1 N–H and O–H groups in total. The molecule has 1 aromatic rings. The molecule has 1 aliphatic carbocycles. The highest BCUT2D eigenvalue weighted by atomic mass is 19.1. The lowest BCUT2D eigenvalue weighted by Crippen LogP contribution is -2.46. The molecule has 1 heterocycles. The summed E-state index contributed by atoms with van der Waals surface area (Å²) < 4.78 is 13.3. The fraction of sp³-hybridized carbons (Fsp3) is 0.650. The molecule has 0 aromatic heterocycles. The van der Waals surface area contributed by atoms with E-state index < -0.39 is 5.41 Å². The molecule has 3 rings (SSSR count). The van der Waals surface area contributed by atoms with Gasteiger partial charge in [0.2, 0.25) is 5.91 Å². The van der Waals surface area contributed by atoms with Crippen LogP contribution in [0.4, 0.5) is 4.39 Å². The zero-order valence-corrected chi connectivity index (χ0v) is 14.7. The molecule has 1 amide bonds. The van der Waals surface area contributed by atoms with Crippen molar-refractivity contribution >= 4 is 5.91 Å². The zero-order valence-electron chi connectivity index (χ0n) is 14.7. The van der Waals surface area contributed by atoms with E-state index in [0.29, 0.717) is 5.92 Å². The van der Waals surface area contributed by atoms with E-state index in [1.165, 1.54) is 31.5 Å². The van der Waals surface area contributed by atoms with E-state index in [1.54, 1.807) is 12.1 Å². The molecule has 1 aliphatic heterocycles. The fourth-order valence-electron chi connectivity index (χ4n) is 4.41. The number of likely N-dealkylation sites (tertiary alicyclic amines) is 1. The van der Waals surface area contributed by atoms with Crippen molar-refractivity contribution in [1.82, 2.24) is 10.2 Å². The monoisotopic (exact) mass is 332 g/mol. The minimum atomic E-state index is -0.452. The molecule has 3 nitrogen and oxygen atoms in total. The topological polar surface area (TPSA) is 32.3 Å². The number of carbonyl (C=O) groups is 1. The third kappa shape index (κ3) is 3.64. The second-order valence-electron chi connectivity index (χ2n) is 7.41. The Morgan fingerprint density at radius 1 is 1.25 bits per heavy atom. The van der Waals surface area contributed by atoms with Gasteiger partial charge in [-0.1, -0.05) is 31.9 Å². The lowest BCUT2D eigenvalue weighted by molar-refractivity contribution is -0.127. The first-order valence-corrected chi connectivity index (χ1v) is 9.41. The predicted molar refractivity (Wildman–Crippen MR) is 94.4 cm³/mol. The van der Waals surface area contributed by atoms with Crippen molar-refractivity contribution in [3.63, 3.8) is 0 Å². The molecule has 4 heteroatoms. The molecule has 1 aromatic carbocycles. The van der Waals surface area contributed by atoms with Crippen molar-refractivity contribution in [2.24, 2.45) is 5.92 Å². The largest absolute Gasteiger partial charge is 0.355 e. The van der Waals surface area contributed by atoms with Gasteiger partial charge in [0, 0.05) is 13.1 Å². The highest BCUT2D eigenvalue weighted by Crippen LogP contribution is 2.41. The number of hydrogen-bond donors (Lipinski definition) is 1. The highest BCUT2D eigenvalue weighted by Gasteiger charge is 2.42. The number of nitrogens with zero attached hydrogens (tertiary/aromatic N) is 1.